The third-order valence-electron chi connectivity index (χ3n) is 18.6. The first-order chi connectivity index (χ1) is 40.1. The number of ether oxygens (including phenoxy) is 2. The van der Waals surface area contributed by atoms with Gasteiger partial charge in [0.25, 0.3) is 0 Å². The average molecular weight is 1050 g/mol. The Labute approximate surface area is 468 Å². The predicted octanol–water partition coefficient (Wildman–Crippen LogP) is 17.6. The lowest BCUT2D eigenvalue weighted by atomic mass is 9.67. The molecule has 12 aromatic rings. The summed E-state index contributed by atoms with van der Waals surface area (Å²) < 4.78 is 32.0. The first kappa shape index (κ1) is 43.8. The van der Waals surface area contributed by atoms with Crippen molar-refractivity contribution in [3.05, 3.63) is 311 Å². The summed E-state index contributed by atoms with van der Waals surface area (Å²) in [5.41, 5.74) is 21.0. The van der Waals surface area contributed by atoms with Gasteiger partial charge in [0.1, 0.15) is 17.1 Å². The number of rotatable bonds is 6. The van der Waals surface area contributed by atoms with Crippen LogP contribution < -0.4 is 40.1 Å². The zero-order valence-electron chi connectivity index (χ0n) is 43.4. The lowest BCUT2D eigenvalue weighted by Crippen LogP contribution is -2.48. The first-order valence-corrected chi connectivity index (χ1v) is 29.5. The van der Waals surface area contributed by atoms with Gasteiger partial charge >= 0.3 is 0 Å². The Hall–Kier alpha value is -10.1. The highest BCUT2D eigenvalue weighted by Gasteiger charge is 2.59. The maximum Gasteiger partial charge on any atom is 0.183 e. The molecule has 5 heterocycles. The zero-order chi connectivity index (χ0) is 52.9. The summed E-state index contributed by atoms with van der Waals surface area (Å²) in [5.74, 6) is 2.70. The molecule has 0 bridgehead atoms. The van der Waals surface area contributed by atoms with Crippen LogP contribution in [0.3, 0.4) is 0 Å². The number of anilines is 9. The highest BCUT2D eigenvalue weighted by atomic mass is 31.2. The molecule has 0 amide bonds. The van der Waals surface area contributed by atoms with Gasteiger partial charge < -0.3 is 23.8 Å². The molecule has 5 aliphatic heterocycles. The molecule has 6 nitrogen and oxygen atoms in total. The second-order valence-corrected chi connectivity index (χ2v) is 24.7. The van der Waals surface area contributed by atoms with E-state index >= 15 is 4.57 Å². The molecule has 0 fully saturated rings. The van der Waals surface area contributed by atoms with Crippen molar-refractivity contribution in [1.82, 2.24) is 0 Å². The van der Waals surface area contributed by atoms with Gasteiger partial charge in [0.15, 0.2) is 30.1 Å². The van der Waals surface area contributed by atoms with Gasteiger partial charge in [-0.05, 0) is 140 Å². The number of hydrogen-bond donors (Lipinski definition) is 0. The van der Waals surface area contributed by atoms with Crippen molar-refractivity contribution in [1.29, 1.82) is 0 Å². The van der Waals surface area contributed by atoms with Gasteiger partial charge in [-0.2, -0.15) is 0 Å². The Kier molecular flexibility index (Phi) is 8.31. The summed E-state index contributed by atoms with van der Waals surface area (Å²) in [4.78, 5) is 7.10. The molecule has 0 spiro atoms. The summed E-state index contributed by atoms with van der Waals surface area (Å²) >= 11 is 0. The van der Waals surface area contributed by atoms with E-state index < -0.39 is 18.0 Å². The van der Waals surface area contributed by atoms with Gasteiger partial charge in [-0.15, -0.1) is 0 Å². The van der Waals surface area contributed by atoms with Crippen LogP contribution in [-0.4, -0.2) is 0 Å². The van der Waals surface area contributed by atoms with E-state index in [1.165, 1.54) is 66.8 Å². The molecule has 0 N–H and O–H groups in total. The molecule has 2 aliphatic carbocycles. The van der Waals surface area contributed by atoms with E-state index in [0.717, 1.165) is 67.1 Å². The van der Waals surface area contributed by atoms with E-state index in [0.29, 0.717) is 23.0 Å². The molecule has 0 aromatic heterocycles. The standard InChI is InChI=1S/C74H44N3O3P/c78-81-70-59-31-17-32-60(70)76(50-36-38-54-52-28-14-16-30-56(52)74(58(54)44-50,47-23-9-3-10-24-47)48-25-11-4-12-26-48)62-40-42-66-69(72(62)81)77-67-63(33-18-34-64(67)80-66)79-65-41-39-61(71(81)68(65)77)75(59)49-35-37-53-51-27-13-15-29-55(51)73(57(53)43-49,45-19-5-1-6-20-45)46-21-7-2-8-22-46/h1-44H. The Morgan fingerprint density at radius 2 is 0.642 bits per heavy atom. The highest BCUT2D eigenvalue weighted by molar-refractivity contribution is 7.87. The third-order valence-corrected chi connectivity index (χ3v) is 21.8. The predicted molar refractivity (Wildman–Crippen MR) is 325 cm³/mol. The molecule has 0 radical (unpaired) electrons. The van der Waals surface area contributed by atoms with E-state index in [9.17, 15) is 0 Å². The topological polar surface area (TPSA) is 45.3 Å². The van der Waals surface area contributed by atoms with Crippen LogP contribution in [0.4, 0.5) is 51.2 Å². The van der Waals surface area contributed by atoms with Gasteiger partial charge in [0, 0.05) is 11.4 Å². The second-order valence-electron chi connectivity index (χ2n) is 22.1. The molecule has 19 rings (SSSR count). The molecule has 0 saturated carbocycles. The largest absolute Gasteiger partial charge is 0.453 e. The van der Waals surface area contributed by atoms with Crippen LogP contribution >= 0.6 is 7.14 Å². The number of nitrogens with zero attached hydrogens (tertiary/aromatic N) is 3. The SMILES string of the molecule is O=P12c3c4cccc3N(c3ccc5c(c3)C(c3ccccc3)(c3ccccc3)c3ccccc3-5)c3ccc5c(c31)N1c3c(cccc3O5)Oc3ccc(c2c31)N4c1ccc2c(c1)C(c1ccccc1)(c1ccccc1)c1ccccc1-2. The molecule has 7 heteroatoms. The summed E-state index contributed by atoms with van der Waals surface area (Å²) in [5, 5.41) is 2.33. The minimum atomic E-state index is -3.81. The van der Waals surface area contributed by atoms with E-state index in [2.05, 4.69) is 263 Å². The Balaban J connectivity index is 0.911. The fourth-order valence-corrected chi connectivity index (χ4v) is 19.3. The molecule has 81 heavy (non-hydrogen) atoms. The van der Waals surface area contributed by atoms with Crippen LogP contribution in [0.2, 0.25) is 0 Å². The van der Waals surface area contributed by atoms with Crippen molar-refractivity contribution in [2.24, 2.45) is 0 Å². The van der Waals surface area contributed by atoms with Gasteiger partial charge in [-0.3, -0.25) is 4.90 Å². The van der Waals surface area contributed by atoms with Crippen LogP contribution in [0.5, 0.6) is 23.0 Å². The lowest BCUT2D eigenvalue weighted by molar-refractivity contribution is 0.446. The molecule has 378 valence electrons. The Bertz CT molecular complexity index is 4460. The third kappa shape index (κ3) is 5.15. The van der Waals surface area contributed by atoms with E-state index in [-0.39, 0.29) is 0 Å². The Morgan fingerprint density at radius 1 is 0.284 bits per heavy atom. The van der Waals surface area contributed by atoms with E-state index in [4.69, 9.17) is 9.47 Å². The number of fused-ring (bicyclic) bond motifs is 6. The van der Waals surface area contributed by atoms with Crippen molar-refractivity contribution < 1.29 is 14.0 Å². The van der Waals surface area contributed by atoms with Crippen LogP contribution in [0, 0.1) is 0 Å². The second kappa shape index (κ2) is 15.4. The summed E-state index contributed by atoms with van der Waals surface area (Å²) in [6.07, 6.45) is 0. The smallest absolute Gasteiger partial charge is 0.183 e. The minimum absolute atomic E-state index is 0.638. The van der Waals surface area contributed by atoms with Gasteiger partial charge in [-0.1, -0.05) is 194 Å². The number of para-hydroxylation sites is 1. The molecule has 7 aliphatic rings. The molecule has 0 unspecified atom stereocenters. The normalized spacial score (nSPS) is 15.9. The van der Waals surface area contributed by atoms with Crippen molar-refractivity contribution in [2.75, 3.05) is 14.7 Å². The van der Waals surface area contributed by atoms with Crippen molar-refractivity contribution >= 4 is 74.2 Å². The summed E-state index contributed by atoms with van der Waals surface area (Å²) in [6, 6.07) is 96.7. The number of hydrogen-bond acceptors (Lipinski definition) is 6. The van der Waals surface area contributed by atoms with E-state index in [1.54, 1.807) is 0 Å². The number of benzene rings is 12. The van der Waals surface area contributed by atoms with Gasteiger partial charge in [0.05, 0.1) is 49.5 Å². The highest BCUT2D eigenvalue weighted by Crippen LogP contribution is 2.73. The maximum absolute atomic E-state index is 18.1. The molecule has 0 saturated heterocycles. The maximum atomic E-state index is 18.1. The summed E-state index contributed by atoms with van der Waals surface area (Å²) in [6.45, 7) is 0. The van der Waals surface area contributed by atoms with Crippen LogP contribution in [0.25, 0.3) is 22.3 Å². The van der Waals surface area contributed by atoms with Crippen molar-refractivity contribution in [3.8, 4) is 45.3 Å². The lowest BCUT2D eigenvalue weighted by Gasteiger charge is -2.52. The first-order valence-electron chi connectivity index (χ1n) is 27.8. The molecule has 0 atom stereocenters. The van der Waals surface area contributed by atoms with Crippen LogP contribution in [0.15, 0.2) is 267 Å². The van der Waals surface area contributed by atoms with Gasteiger partial charge in [0.2, 0.25) is 0 Å². The van der Waals surface area contributed by atoms with Crippen molar-refractivity contribution in [3.63, 3.8) is 0 Å². The zero-order valence-corrected chi connectivity index (χ0v) is 44.3. The summed E-state index contributed by atoms with van der Waals surface area (Å²) in [7, 11) is -3.81. The van der Waals surface area contributed by atoms with Crippen LogP contribution in [0.1, 0.15) is 44.5 Å². The monoisotopic (exact) mass is 1050 g/mol. The van der Waals surface area contributed by atoms with Crippen molar-refractivity contribution in [2.45, 2.75) is 10.8 Å². The Morgan fingerprint density at radius 3 is 1.07 bits per heavy atom. The average Bonchev–Trinajstić information content (AvgIpc) is 1.91. The molecule has 12 aromatic carbocycles. The van der Waals surface area contributed by atoms with Crippen LogP contribution in [-0.2, 0) is 15.4 Å². The molecular formula is C74H44N3O3P. The van der Waals surface area contributed by atoms with E-state index in [1.807, 2.05) is 18.2 Å². The fraction of sp³-hybridized carbons (Fsp3) is 0.0270. The molecular weight excluding hydrogens is 1010 g/mol. The van der Waals surface area contributed by atoms with Gasteiger partial charge in [-0.25, -0.2) is 0 Å². The fourth-order valence-electron chi connectivity index (χ4n) is 15.6. The quantitative estimate of drug-likeness (QED) is 0.155. The minimum Gasteiger partial charge on any atom is -0.453 e.